The van der Waals surface area contributed by atoms with Crippen LogP contribution < -0.4 is 16.4 Å². The van der Waals surface area contributed by atoms with Crippen LogP contribution in [0.15, 0.2) is 67.4 Å². The molecule has 0 bridgehead atoms. The number of allylic oxidation sites excluding steroid dienone is 2. The molecule has 1 heterocycles. The lowest BCUT2D eigenvalue weighted by Gasteiger charge is -2.45. The van der Waals surface area contributed by atoms with Crippen LogP contribution in [0.4, 0.5) is 0 Å². The predicted octanol–water partition coefficient (Wildman–Crippen LogP) is 4.98. The fourth-order valence-corrected chi connectivity index (χ4v) is 3.03. The van der Waals surface area contributed by atoms with E-state index in [-0.39, 0.29) is 0 Å². The van der Waals surface area contributed by atoms with Gasteiger partial charge in [0.2, 0.25) is 0 Å². The molecule has 1 unspecified atom stereocenters. The Balaban J connectivity index is 0.000000632. The molecule has 0 radical (unpaired) electrons. The predicted molar refractivity (Wildman–Crippen MR) is 120 cm³/mol. The molecule has 1 aliphatic heterocycles. The first-order chi connectivity index (χ1) is 13.1. The van der Waals surface area contributed by atoms with Crippen molar-refractivity contribution in [3.05, 3.63) is 73.0 Å². The Morgan fingerprint density at radius 2 is 1.81 bits per heavy atom. The van der Waals surface area contributed by atoms with Crippen LogP contribution in [0.1, 0.15) is 52.1 Å². The first-order valence-electron chi connectivity index (χ1n) is 9.90. The zero-order valence-corrected chi connectivity index (χ0v) is 18.0. The highest BCUT2D eigenvalue weighted by atomic mass is 15.6. The Hall–Kier alpha value is -1.88. The van der Waals surface area contributed by atoms with Crippen molar-refractivity contribution >= 4 is 0 Å². The second-order valence-corrected chi connectivity index (χ2v) is 6.53. The molecule has 1 aromatic rings. The molecule has 0 spiro atoms. The lowest BCUT2D eigenvalue weighted by Crippen LogP contribution is -2.48. The van der Waals surface area contributed by atoms with Gasteiger partial charge in [-0.3, -0.25) is 4.90 Å². The average molecular weight is 373 g/mol. The number of hydrazine groups is 2. The summed E-state index contributed by atoms with van der Waals surface area (Å²) in [4.78, 5) is 2.62. The zero-order valence-electron chi connectivity index (χ0n) is 18.0. The van der Waals surface area contributed by atoms with Gasteiger partial charge < -0.3 is 5.43 Å². The molecule has 152 valence electrons. The molecule has 1 saturated heterocycles. The molecule has 0 amide bonds. The van der Waals surface area contributed by atoms with E-state index in [1.165, 1.54) is 36.8 Å². The summed E-state index contributed by atoms with van der Waals surface area (Å²) < 4.78 is 0. The molecule has 1 aliphatic rings. The number of hydrogen-bond donors (Lipinski definition) is 3. The normalized spacial score (nSPS) is 15.2. The van der Waals surface area contributed by atoms with E-state index < -0.39 is 0 Å². The van der Waals surface area contributed by atoms with Gasteiger partial charge in [-0.25, -0.2) is 5.43 Å². The second kappa shape index (κ2) is 16.3. The van der Waals surface area contributed by atoms with Gasteiger partial charge in [0, 0.05) is 26.3 Å². The van der Waals surface area contributed by atoms with Crippen LogP contribution in [0, 0.1) is 5.92 Å². The summed E-state index contributed by atoms with van der Waals surface area (Å²) in [7, 11) is 1.76. The van der Waals surface area contributed by atoms with Crippen LogP contribution in [0.3, 0.4) is 0 Å². The fraction of sp³-hybridized carbons (Fsp3) is 0.478. The summed E-state index contributed by atoms with van der Waals surface area (Å²) in [5.74, 6) is 0.908. The van der Waals surface area contributed by atoms with Gasteiger partial charge in [0.15, 0.2) is 0 Å². The average Bonchev–Trinajstić information content (AvgIpc) is 2.64. The van der Waals surface area contributed by atoms with E-state index in [1.54, 1.807) is 13.1 Å². The van der Waals surface area contributed by atoms with Crippen LogP contribution in [0.5, 0.6) is 0 Å². The number of likely N-dealkylation sites (tertiary alicyclic amines) is 1. The molecule has 3 N–H and O–H groups in total. The number of nitrogens with zero attached hydrogens (tertiary/aromatic N) is 1. The van der Waals surface area contributed by atoms with Crippen LogP contribution in [-0.2, 0) is 0 Å². The van der Waals surface area contributed by atoms with Gasteiger partial charge in [0.25, 0.3) is 0 Å². The second-order valence-electron chi connectivity index (χ2n) is 6.53. The van der Waals surface area contributed by atoms with E-state index in [0.717, 1.165) is 12.3 Å². The highest BCUT2D eigenvalue weighted by molar-refractivity contribution is 5.28. The highest BCUT2D eigenvalue weighted by Crippen LogP contribution is 2.35. The molecule has 1 aromatic carbocycles. The molecule has 2 rings (SSSR count). The maximum absolute atomic E-state index is 3.38. The summed E-state index contributed by atoms with van der Waals surface area (Å²) in [5.41, 5.74) is 10.8. The summed E-state index contributed by atoms with van der Waals surface area (Å²) >= 11 is 0. The smallest absolute Gasteiger partial charge is 0.0558 e. The topological polar surface area (TPSA) is 39.3 Å². The summed E-state index contributed by atoms with van der Waals surface area (Å²) in [6.07, 6.45) is 8.10. The Kier molecular flexibility index (Phi) is 15.2. The van der Waals surface area contributed by atoms with Gasteiger partial charge in [0.1, 0.15) is 0 Å². The van der Waals surface area contributed by atoms with Gasteiger partial charge in [0.05, 0.1) is 6.04 Å². The van der Waals surface area contributed by atoms with Crippen molar-refractivity contribution in [1.82, 2.24) is 21.3 Å². The van der Waals surface area contributed by atoms with E-state index in [2.05, 4.69) is 91.6 Å². The molecule has 0 aromatic heterocycles. The third-order valence-electron chi connectivity index (χ3n) is 4.30. The maximum atomic E-state index is 3.38. The van der Waals surface area contributed by atoms with Gasteiger partial charge in [-0.2, -0.15) is 5.53 Å². The van der Waals surface area contributed by atoms with E-state index in [1.807, 2.05) is 6.92 Å². The van der Waals surface area contributed by atoms with E-state index in [4.69, 9.17) is 0 Å². The third-order valence-corrected chi connectivity index (χ3v) is 4.30. The van der Waals surface area contributed by atoms with Crippen molar-refractivity contribution in [3.63, 3.8) is 0 Å². The molecular weight excluding hydrogens is 332 g/mol. The summed E-state index contributed by atoms with van der Waals surface area (Å²) in [6.45, 7) is 17.9. The Labute approximate surface area is 167 Å². The SMILES string of the molecule is C=CC.C=CNNNC.CC/C=C(\C)C(c1ccccc1)N1CC(CC)C1. The van der Waals surface area contributed by atoms with Crippen LogP contribution in [0.25, 0.3) is 0 Å². The van der Waals surface area contributed by atoms with Gasteiger partial charge >= 0.3 is 0 Å². The summed E-state index contributed by atoms with van der Waals surface area (Å²) in [5, 5.41) is 0. The van der Waals surface area contributed by atoms with E-state index in [9.17, 15) is 0 Å². The Bertz CT molecular complexity index is 518. The first kappa shape index (κ1) is 25.1. The molecule has 4 heteroatoms. The van der Waals surface area contributed by atoms with Crippen molar-refractivity contribution in [2.45, 2.75) is 46.6 Å². The Morgan fingerprint density at radius 1 is 1.22 bits per heavy atom. The van der Waals surface area contributed by atoms with Crippen molar-refractivity contribution in [1.29, 1.82) is 0 Å². The van der Waals surface area contributed by atoms with E-state index >= 15 is 0 Å². The zero-order chi connectivity index (χ0) is 20.5. The quantitative estimate of drug-likeness (QED) is 0.342. The fourth-order valence-electron chi connectivity index (χ4n) is 3.03. The van der Waals surface area contributed by atoms with E-state index in [0.29, 0.717) is 6.04 Å². The van der Waals surface area contributed by atoms with Gasteiger partial charge in [-0.15, -0.1) is 6.58 Å². The lowest BCUT2D eigenvalue weighted by atomic mass is 9.89. The number of hydrogen-bond acceptors (Lipinski definition) is 4. The Morgan fingerprint density at radius 3 is 2.22 bits per heavy atom. The first-order valence-corrected chi connectivity index (χ1v) is 9.90. The van der Waals surface area contributed by atoms with Gasteiger partial charge in [-0.05, 0) is 31.7 Å². The van der Waals surface area contributed by atoms with Crippen molar-refractivity contribution in [2.24, 2.45) is 5.92 Å². The van der Waals surface area contributed by atoms with Gasteiger partial charge in [-0.1, -0.05) is 74.9 Å². The number of nitrogens with one attached hydrogen (secondary N) is 3. The molecule has 1 atom stereocenters. The van der Waals surface area contributed by atoms with Crippen molar-refractivity contribution in [2.75, 3.05) is 20.1 Å². The molecular formula is C23H40N4. The number of rotatable bonds is 8. The molecule has 4 nitrogen and oxygen atoms in total. The lowest BCUT2D eigenvalue weighted by molar-refractivity contribution is 0.0647. The minimum Gasteiger partial charge on any atom is -0.316 e. The molecule has 0 aliphatic carbocycles. The standard InChI is InChI=1S/C17H25N.C3H9N3.C3H6/c1-4-9-14(3)17(16-10-7-6-8-11-16)18-12-15(5-2)13-18;1-3-5-6-4-2;1-3-2/h6-11,15,17H,4-5,12-13H2,1-3H3;3-6H,1H2,2H3;3H,1H2,2H3/b14-9+;;. The largest absolute Gasteiger partial charge is 0.316 e. The minimum absolute atomic E-state index is 0.494. The monoisotopic (exact) mass is 372 g/mol. The minimum atomic E-state index is 0.494. The molecule has 0 saturated carbocycles. The third kappa shape index (κ3) is 10.1. The van der Waals surface area contributed by atoms with Crippen LogP contribution >= 0.6 is 0 Å². The number of benzene rings is 1. The van der Waals surface area contributed by atoms with Crippen LogP contribution in [0.2, 0.25) is 0 Å². The maximum Gasteiger partial charge on any atom is 0.0558 e. The summed E-state index contributed by atoms with van der Waals surface area (Å²) in [6, 6.07) is 11.4. The van der Waals surface area contributed by atoms with Crippen molar-refractivity contribution in [3.8, 4) is 0 Å². The molecule has 1 fully saturated rings. The van der Waals surface area contributed by atoms with Crippen molar-refractivity contribution < 1.29 is 0 Å². The molecule has 27 heavy (non-hydrogen) atoms. The highest BCUT2D eigenvalue weighted by Gasteiger charge is 2.32. The van der Waals surface area contributed by atoms with Crippen LogP contribution in [-0.4, -0.2) is 25.0 Å².